The van der Waals surface area contributed by atoms with E-state index in [1.54, 1.807) is 0 Å². The number of nitrogens with one attached hydrogen (secondary N) is 1. The molecular formula is C24H26N4O. The lowest BCUT2D eigenvalue weighted by Gasteiger charge is -2.30. The number of imidazole rings is 1. The Bertz CT molecular complexity index is 1140. The zero-order valence-electron chi connectivity index (χ0n) is 17.0. The van der Waals surface area contributed by atoms with E-state index in [-0.39, 0.29) is 5.78 Å². The molecule has 0 amide bonds. The monoisotopic (exact) mass is 386 g/mol. The van der Waals surface area contributed by atoms with Crippen molar-refractivity contribution in [1.82, 2.24) is 14.7 Å². The van der Waals surface area contributed by atoms with Crippen LogP contribution in [-0.4, -0.2) is 41.3 Å². The average Bonchev–Trinajstić information content (AvgIpc) is 3.07. The van der Waals surface area contributed by atoms with Gasteiger partial charge in [0.15, 0.2) is 5.78 Å². The van der Waals surface area contributed by atoms with E-state index in [0.29, 0.717) is 6.42 Å². The maximum atomic E-state index is 13.0. The number of piperazine rings is 1. The van der Waals surface area contributed by atoms with E-state index in [1.807, 2.05) is 16.7 Å². The lowest BCUT2D eigenvalue weighted by atomic mass is 10.0. The molecule has 0 atom stereocenters. The summed E-state index contributed by atoms with van der Waals surface area (Å²) in [4.78, 5) is 20.2. The number of aromatic nitrogens is 2. The van der Waals surface area contributed by atoms with Crippen LogP contribution in [0, 0.1) is 13.8 Å². The van der Waals surface area contributed by atoms with Crippen LogP contribution >= 0.6 is 0 Å². The Labute approximate surface area is 171 Å². The number of hydrogen-bond acceptors (Lipinski definition) is 4. The van der Waals surface area contributed by atoms with Gasteiger partial charge >= 0.3 is 0 Å². The van der Waals surface area contributed by atoms with Gasteiger partial charge in [-0.15, -0.1) is 0 Å². The first-order valence-corrected chi connectivity index (χ1v) is 10.4. The fourth-order valence-corrected chi connectivity index (χ4v) is 4.48. The molecule has 1 N–H and O–H groups in total. The molecule has 1 aliphatic heterocycles. The molecule has 5 heteroatoms. The van der Waals surface area contributed by atoms with E-state index in [0.717, 1.165) is 60.6 Å². The van der Waals surface area contributed by atoms with Gasteiger partial charge in [-0.05, 0) is 60.7 Å². The first kappa shape index (κ1) is 18.1. The van der Waals surface area contributed by atoms with Crippen molar-refractivity contribution in [1.29, 1.82) is 0 Å². The molecule has 0 bridgehead atoms. The van der Waals surface area contributed by atoms with E-state index < -0.39 is 0 Å². The maximum absolute atomic E-state index is 13.0. The highest BCUT2D eigenvalue weighted by atomic mass is 16.1. The van der Waals surface area contributed by atoms with Crippen molar-refractivity contribution < 1.29 is 4.79 Å². The van der Waals surface area contributed by atoms with Crippen molar-refractivity contribution in [3.05, 3.63) is 64.6 Å². The van der Waals surface area contributed by atoms with Crippen LogP contribution in [0.4, 0.5) is 5.69 Å². The van der Waals surface area contributed by atoms with Gasteiger partial charge in [-0.1, -0.05) is 12.1 Å². The highest BCUT2D eigenvalue weighted by Crippen LogP contribution is 2.30. The standard InChI is InChI=1S/C24H26N4O/c1-16-11-17(2)24-26-22(15-28(24)14-16)21-13-19-3-5-20(27-9-7-25-8-10-27)12-18(19)4-6-23(21)29/h3,5,11-15,25H,4,6-10H2,1-2H3. The fourth-order valence-electron chi connectivity index (χ4n) is 4.48. The number of carbonyl (C=O) groups is 1. The highest BCUT2D eigenvalue weighted by Gasteiger charge is 2.21. The summed E-state index contributed by atoms with van der Waals surface area (Å²) >= 11 is 0. The second-order valence-electron chi connectivity index (χ2n) is 8.16. The topological polar surface area (TPSA) is 49.6 Å². The second kappa shape index (κ2) is 7.16. The average molecular weight is 386 g/mol. The van der Waals surface area contributed by atoms with Gasteiger partial charge in [0, 0.05) is 56.3 Å². The summed E-state index contributed by atoms with van der Waals surface area (Å²) in [7, 11) is 0. The van der Waals surface area contributed by atoms with Gasteiger partial charge in [-0.3, -0.25) is 4.79 Å². The molecule has 0 unspecified atom stereocenters. The molecule has 1 aromatic carbocycles. The largest absolute Gasteiger partial charge is 0.369 e. The SMILES string of the molecule is Cc1cc(C)c2nc(C3=Cc4ccc(N5CCNCC5)cc4CCC3=O)cn2c1. The Morgan fingerprint density at radius 1 is 1.03 bits per heavy atom. The number of ketones is 1. The van der Waals surface area contributed by atoms with Crippen LogP contribution in [0.2, 0.25) is 0 Å². The van der Waals surface area contributed by atoms with Gasteiger partial charge in [-0.2, -0.15) is 0 Å². The molecule has 5 rings (SSSR count). The van der Waals surface area contributed by atoms with Crippen molar-refractivity contribution in [3.63, 3.8) is 0 Å². The molecule has 0 spiro atoms. The van der Waals surface area contributed by atoms with Crippen molar-refractivity contribution >= 4 is 28.8 Å². The molecule has 29 heavy (non-hydrogen) atoms. The molecule has 1 fully saturated rings. The molecule has 3 aromatic rings. The molecule has 1 aliphatic carbocycles. The van der Waals surface area contributed by atoms with Crippen LogP contribution in [0.3, 0.4) is 0 Å². The van der Waals surface area contributed by atoms with Crippen LogP contribution < -0.4 is 10.2 Å². The summed E-state index contributed by atoms with van der Waals surface area (Å²) < 4.78 is 2.04. The molecule has 0 radical (unpaired) electrons. The number of hydrogen-bond donors (Lipinski definition) is 1. The number of nitrogens with zero attached hydrogens (tertiary/aromatic N) is 3. The number of rotatable bonds is 2. The van der Waals surface area contributed by atoms with E-state index in [4.69, 9.17) is 4.98 Å². The summed E-state index contributed by atoms with van der Waals surface area (Å²) in [6.45, 7) is 8.24. The van der Waals surface area contributed by atoms with Crippen LogP contribution in [0.15, 0.2) is 36.7 Å². The van der Waals surface area contributed by atoms with E-state index in [1.165, 1.54) is 16.8 Å². The zero-order valence-corrected chi connectivity index (χ0v) is 17.0. The lowest BCUT2D eigenvalue weighted by Crippen LogP contribution is -2.43. The quantitative estimate of drug-likeness (QED) is 0.733. The smallest absolute Gasteiger partial charge is 0.165 e. The maximum Gasteiger partial charge on any atom is 0.165 e. The molecule has 5 nitrogen and oxygen atoms in total. The third-order valence-electron chi connectivity index (χ3n) is 5.98. The van der Waals surface area contributed by atoms with Crippen molar-refractivity contribution in [3.8, 4) is 0 Å². The number of fused-ring (bicyclic) bond motifs is 2. The third kappa shape index (κ3) is 3.36. The zero-order chi connectivity index (χ0) is 20.0. The summed E-state index contributed by atoms with van der Waals surface area (Å²) in [5.74, 6) is 0.169. The van der Waals surface area contributed by atoms with Gasteiger partial charge in [0.25, 0.3) is 0 Å². The number of allylic oxidation sites excluding steroid dienone is 1. The number of aryl methyl sites for hydroxylation is 3. The highest BCUT2D eigenvalue weighted by molar-refractivity contribution is 6.25. The molecule has 3 heterocycles. The minimum atomic E-state index is 0.169. The van der Waals surface area contributed by atoms with Crippen LogP contribution in [0.1, 0.15) is 34.4 Å². The predicted octanol–water partition coefficient (Wildman–Crippen LogP) is 3.42. The van der Waals surface area contributed by atoms with Crippen molar-refractivity contribution in [2.24, 2.45) is 0 Å². The molecule has 148 valence electrons. The predicted molar refractivity (Wildman–Crippen MR) is 117 cm³/mol. The van der Waals surface area contributed by atoms with Gasteiger partial charge in [-0.25, -0.2) is 4.98 Å². The Morgan fingerprint density at radius 2 is 1.86 bits per heavy atom. The Balaban J connectivity index is 1.55. The summed E-state index contributed by atoms with van der Waals surface area (Å²) in [6, 6.07) is 8.74. The molecular weight excluding hydrogens is 360 g/mol. The van der Waals surface area contributed by atoms with Gasteiger partial charge in [0.2, 0.25) is 0 Å². The van der Waals surface area contributed by atoms with Gasteiger partial charge in [0.1, 0.15) is 5.65 Å². The van der Waals surface area contributed by atoms with Crippen LogP contribution in [0.5, 0.6) is 0 Å². The van der Waals surface area contributed by atoms with E-state index in [2.05, 4.69) is 54.5 Å². The normalized spacial score (nSPS) is 17.2. The molecule has 1 saturated heterocycles. The number of pyridine rings is 1. The number of anilines is 1. The summed E-state index contributed by atoms with van der Waals surface area (Å²) in [6.07, 6.45) is 7.39. The molecule has 0 saturated carbocycles. The third-order valence-corrected chi connectivity index (χ3v) is 5.98. The second-order valence-corrected chi connectivity index (χ2v) is 8.16. The van der Waals surface area contributed by atoms with Crippen LogP contribution in [0.25, 0.3) is 17.3 Å². The summed E-state index contributed by atoms with van der Waals surface area (Å²) in [5.41, 5.74) is 8.35. The molecule has 2 aromatic heterocycles. The number of benzene rings is 1. The van der Waals surface area contributed by atoms with Gasteiger partial charge < -0.3 is 14.6 Å². The Hall–Kier alpha value is -2.92. The summed E-state index contributed by atoms with van der Waals surface area (Å²) in [5, 5.41) is 3.40. The fraction of sp³-hybridized carbons (Fsp3) is 0.333. The van der Waals surface area contributed by atoms with Gasteiger partial charge in [0.05, 0.1) is 5.69 Å². The first-order chi connectivity index (χ1) is 14.1. The Kier molecular flexibility index (Phi) is 4.47. The minimum absolute atomic E-state index is 0.169. The minimum Gasteiger partial charge on any atom is -0.369 e. The lowest BCUT2D eigenvalue weighted by molar-refractivity contribution is -0.113. The first-order valence-electron chi connectivity index (χ1n) is 10.4. The molecule has 2 aliphatic rings. The van der Waals surface area contributed by atoms with Crippen LogP contribution in [-0.2, 0) is 11.2 Å². The van der Waals surface area contributed by atoms with E-state index >= 15 is 0 Å². The van der Waals surface area contributed by atoms with E-state index in [9.17, 15) is 4.79 Å². The number of carbonyl (C=O) groups excluding carboxylic acids is 1. The van der Waals surface area contributed by atoms with Crippen molar-refractivity contribution in [2.45, 2.75) is 26.7 Å². The Morgan fingerprint density at radius 3 is 2.69 bits per heavy atom. The number of Topliss-reactive ketones (excluding diaryl/α,β-unsaturated/α-hetero) is 1. The van der Waals surface area contributed by atoms with Crippen molar-refractivity contribution in [2.75, 3.05) is 31.1 Å².